The first-order valence-corrected chi connectivity index (χ1v) is 5.54. The largest absolute Gasteiger partial charge is 0.366 e. The van der Waals surface area contributed by atoms with Crippen molar-refractivity contribution < 1.29 is 4.92 Å². The van der Waals surface area contributed by atoms with Crippen LogP contribution >= 0.6 is 0 Å². The van der Waals surface area contributed by atoms with Gasteiger partial charge in [-0.25, -0.2) is 4.98 Å². The van der Waals surface area contributed by atoms with E-state index in [9.17, 15) is 10.1 Å². The summed E-state index contributed by atoms with van der Waals surface area (Å²) in [6.45, 7) is 0.277. The molecule has 1 aromatic heterocycles. The van der Waals surface area contributed by atoms with Gasteiger partial charge in [0.2, 0.25) is 0 Å². The molecule has 0 radical (unpaired) electrons. The van der Waals surface area contributed by atoms with Crippen molar-refractivity contribution in [3.63, 3.8) is 0 Å². The Morgan fingerprint density at radius 2 is 2.05 bits per heavy atom. The van der Waals surface area contributed by atoms with E-state index in [-0.39, 0.29) is 12.2 Å². The molecule has 0 aliphatic carbocycles. The number of anilines is 1. The summed E-state index contributed by atoms with van der Waals surface area (Å²) in [6.07, 6.45) is 0. The molecule has 0 fully saturated rings. The Hall–Kier alpha value is -2.94. The molecule has 0 saturated carbocycles. The van der Waals surface area contributed by atoms with E-state index in [4.69, 9.17) is 5.26 Å². The normalized spacial score (nSPS) is 9.63. The van der Waals surface area contributed by atoms with Crippen molar-refractivity contribution in [1.29, 1.82) is 5.26 Å². The van der Waals surface area contributed by atoms with Gasteiger partial charge in [-0.15, -0.1) is 0 Å². The van der Waals surface area contributed by atoms with Crippen LogP contribution in [-0.2, 0) is 6.54 Å². The number of para-hydroxylation sites is 1. The minimum Gasteiger partial charge on any atom is -0.366 e. The lowest BCUT2D eigenvalue weighted by Gasteiger charge is -2.06. The number of rotatable bonds is 4. The third-order valence-electron chi connectivity index (χ3n) is 2.51. The van der Waals surface area contributed by atoms with Gasteiger partial charge in [0, 0.05) is 18.2 Å². The molecule has 1 N–H and O–H groups in total. The molecular formula is C13H10N4O2. The lowest BCUT2D eigenvalue weighted by Crippen LogP contribution is -2.04. The Balaban J connectivity index is 2.15. The van der Waals surface area contributed by atoms with Crippen LogP contribution in [0.3, 0.4) is 0 Å². The molecule has 0 bridgehead atoms. The lowest BCUT2D eigenvalue weighted by atomic mass is 10.2. The maximum absolute atomic E-state index is 10.9. The van der Waals surface area contributed by atoms with E-state index in [0.29, 0.717) is 17.1 Å². The van der Waals surface area contributed by atoms with Gasteiger partial charge in [0.1, 0.15) is 17.6 Å². The summed E-state index contributed by atoms with van der Waals surface area (Å²) in [5.74, 6) is 0.511. The third-order valence-corrected chi connectivity index (χ3v) is 2.51. The Bertz CT molecular complexity index is 649. The van der Waals surface area contributed by atoms with Gasteiger partial charge in [-0.2, -0.15) is 5.26 Å². The summed E-state index contributed by atoms with van der Waals surface area (Å²) in [4.78, 5) is 14.5. The van der Waals surface area contributed by atoms with Crippen LogP contribution in [0, 0.1) is 21.4 Å². The Labute approximate surface area is 109 Å². The number of benzene rings is 1. The van der Waals surface area contributed by atoms with E-state index in [1.165, 1.54) is 6.07 Å². The van der Waals surface area contributed by atoms with Crippen LogP contribution in [0.4, 0.5) is 11.5 Å². The minimum atomic E-state index is -0.420. The van der Waals surface area contributed by atoms with Gasteiger partial charge >= 0.3 is 0 Å². The topological polar surface area (TPSA) is 91.8 Å². The van der Waals surface area contributed by atoms with Crippen LogP contribution in [0.2, 0.25) is 0 Å². The van der Waals surface area contributed by atoms with Crippen molar-refractivity contribution in [2.24, 2.45) is 0 Å². The molecule has 0 aliphatic rings. The molecule has 19 heavy (non-hydrogen) atoms. The number of hydrogen-bond acceptors (Lipinski definition) is 5. The average molecular weight is 254 g/mol. The molecule has 6 heteroatoms. The molecule has 6 nitrogen and oxygen atoms in total. The molecule has 1 aromatic carbocycles. The minimum absolute atomic E-state index is 0.0615. The van der Waals surface area contributed by atoms with Crippen molar-refractivity contribution in [3.05, 3.63) is 63.8 Å². The molecule has 1 heterocycles. The number of hydrogen-bond donors (Lipinski definition) is 1. The molecule has 0 atom stereocenters. The number of nitrogens with one attached hydrogen (secondary N) is 1. The predicted molar refractivity (Wildman–Crippen MR) is 69.4 cm³/mol. The predicted octanol–water partition coefficient (Wildman–Crippen LogP) is 2.47. The standard InChI is InChI=1S/C13H10N4O2/c14-8-11-5-3-7-13(16-11)15-9-10-4-1-2-6-12(10)17(18)19/h1-7H,9H2,(H,15,16). The van der Waals surface area contributed by atoms with Crippen molar-refractivity contribution in [2.75, 3.05) is 5.32 Å². The molecule has 2 rings (SSSR count). The fourth-order valence-electron chi connectivity index (χ4n) is 1.62. The molecule has 0 spiro atoms. The van der Waals surface area contributed by atoms with Crippen LogP contribution < -0.4 is 5.32 Å². The van der Waals surface area contributed by atoms with Gasteiger partial charge in [0.25, 0.3) is 5.69 Å². The monoisotopic (exact) mass is 254 g/mol. The smallest absolute Gasteiger partial charge is 0.274 e. The highest BCUT2D eigenvalue weighted by Crippen LogP contribution is 2.18. The second kappa shape index (κ2) is 5.60. The van der Waals surface area contributed by atoms with Crippen LogP contribution in [0.5, 0.6) is 0 Å². The van der Waals surface area contributed by atoms with Crippen LogP contribution in [0.1, 0.15) is 11.3 Å². The SMILES string of the molecule is N#Cc1cccc(NCc2ccccc2[N+](=O)[O-])n1. The fraction of sp³-hybridized carbons (Fsp3) is 0.0769. The quantitative estimate of drug-likeness (QED) is 0.668. The number of aromatic nitrogens is 1. The van der Waals surface area contributed by atoms with Crippen LogP contribution in [-0.4, -0.2) is 9.91 Å². The first-order chi connectivity index (χ1) is 9.20. The van der Waals surface area contributed by atoms with Gasteiger partial charge < -0.3 is 5.32 Å². The van der Waals surface area contributed by atoms with Crippen LogP contribution in [0.15, 0.2) is 42.5 Å². The molecule has 0 amide bonds. The van der Waals surface area contributed by atoms with Crippen molar-refractivity contribution in [2.45, 2.75) is 6.54 Å². The summed E-state index contributed by atoms with van der Waals surface area (Å²) >= 11 is 0. The Morgan fingerprint density at radius 3 is 2.79 bits per heavy atom. The zero-order valence-corrected chi connectivity index (χ0v) is 9.91. The Morgan fingerprint density at radius 1 is 1.26 bits per heavy atom. The van der Waals surface area contributed by atoms with Crippen molar-refractivity contribution in [1.82, 2.24) is 4.98 Å². The fourth-order valence-corrected chi connectivity index (χ4v) is 1.62. The number of nitriles is 1. The molecular weight excluding hydrogens is 244 g/mol. The second-order valence-electron chi connectivity index (χ2n) is 3.76. The Kier molecular flexibility index (Phi) is 3.69. The summed E-state index contributed by atoms with van der Waals surface area (Å²) in [5.41, 5.74) is 0.927. The van der Waals surface area contributed by atoms with E-state index in [1.54, 1.807) is 36.4 Å². The third kappa shape index (κ3) is 3.04. The maximum Gasteiger partial charge on any atom is 0.274 e. The van der Waals surface area contributed by atoms with E-state index < -0.39 is 4.92 Å². The summed E-state index contributed by atoms with van der Waals surface area (Å²) in [7, 11) is 0. The molecule has 0 aliphatic heterocycles. The molecule has 0 unspecified atom stereocenters. The van der Waals surface area contributed by atoms with E-state index in [0.717, 1.165) is 0 Å². The maximum atomic E-state index is 10.9. The van der Waals surface area contributed by atoms with E-state index in [2.05, 4.69) is 10.3 Å². The van der Waals surface area contributed by atoms with Gasteiger partial charge in [0.05, 0.1) is 4.92 Å². The van der Waals surface area contributed by atoms with Crippen LogP contribution in [0.25, 0.3) is 0 Å². The number of nitro groups is 1. The zero-order valence-electron chi connectivity index (χ0n) is 9.91. The number of nitrogens with zero attached hydrogens (tertiary/aromatic N) is 3. The first kappa shape index (κ1) is 12.5. The summed E-state index contributed by atoms with van der Waals surface area (Å²) < 4.78 is 0. The summed E-state index contributed by atoms with van der Waals surface area (Å²) in [5, 5.41) is 22.6. The van der Waals surface area contributed by atoms with Crippen molar-refractivity contribution in [3.8, 4) is 6.07 Å². The highest BCUT2D eigenvalue weighted by Gasteiger charge is 2.11. The molecule has 2 aromatic rings. The zero-order chi connectivity index (χ0) is 13.7. The molecule has 0 saturated heterocycles. The van der Waals surface area contributed by atoms with E-state index in [1.807, 2.05) is 6.07 Å². The lowest BCUT2D eigenvalue weighted by molar-refractivity contribution is -0.385. The number of pyridine rings is 1. The summed E-state index contributed by atoms with van der Waals surface area (Å²) in [6, 6.07) is 13.4. The highest BCUT2D eigenvalue weighted by molar-refractivity contribution is 5.44. The highest BCUT2D eigenvalue weighted by atomic mass is 16.6. The van der Waals surface area contributed by atoms with Gasteiger partial charge in [-0.05, 0) is 12.1 Å². The van der Waals surface area contributed by atoms with Gasteiger partial charge in [-0.1, -0.05) is 24.3 Å². The second-order valence-corrected chi connectivity index (χ2v) is 3.76. The number of nitro benzene ring substituents is 1. The average Bonchev–Trinajstić information content (AvgIpc) is 2.45. The molecule has 94 valence electrons. The van der Waals surface area contributed by atoms with E-state index >= 15 is 0 Å². The van der Waals surface area contributed by atoms with Crippen molar-refractivity contribution >= 4 is 11.5 Å². The van der Waals surface area contributed by atoms with Gasteiger partial charge in [0.15, 0.2) is 0 Å². The first-order valence-electron chi connectivity index (χ1n) is 5.54. The van der Waals surface area contributed by atoms with Gasteiger partial charge in [-0.3, -0.25) is 10.1 Å².